The number of imidazole rings is 1. The van der Waals surface area contributed by atoms with Crippen LogP contribution in [0, 0.1) is 20.8 Å². The summed E-state index contributed by atoms with van der Waals surface area (Å²) >= 11 is 0. The molecule has 6 heteroatoms. The summed E-state index contributed by atoms with van der Waals surface area (Å²) in [6.07, 6.45) is 4.81. The SMILES string of the molecule is C/C=C(/C(=O)O)n1cc(-c2ccccc2C)nc1C.C=CC(=Nc1ccccc1C)C(C)=O. The van der Waals surface area contributed by atoms with Crippen LogP contribution in [0.2, 0.25) is 0 Å². The predicted molar refractivity (Wildman–Crippen MR) is 134 cm³/mol. The second-order valence-corrected chi connectivity index (χ2v) is 7.38. The minimum Gasteiger partial charge on any atom is -0.477 e. The Labute approximate surface area is 194 Å². The van der Waals surface area contributed by atoms with E-state index in [1.54, 1.807) is 30.7 Å². The second-order valence-electron chi connectivity index (χ2n) is 7.38. The Hall–Kier alpha value is -4.06. The van der Waals surface area contributed by atoms with Crippen LogP contribution >= 0.6 is 0 Å². The number of carbonyl (C=O) groups is 2. The lowest BCUT2D eigenvalue weighted by Crippen LogP contribution is -2.08. The number of Topliss-reactive ketones (excluding diaryl/α,β-unsaturated/α-hetero) is 1. The molecular weight excluding hydrogens is 414 g/mol. The number of aliphatic carboxylic acids is 1. The number of rotatable bonds is 6. The maximum atomic E-state index is 11.2. The van der Waals surface area contributed by atoms with E-state index in [4.69, 9.17) is 5.11 Å². The van der Waals surface area contributed by atoms with Crippen LogP contribution in [-0.4, -0.2) is 32.1 Å². The van der Waals surface area contributed by atoms with Crippen LogP contribution < -0.4 is 0 Å². The molecule has 33 heavy (non-hydrogen) atoms. The topological polar surface area (TPSA) is 84.5 Å². The number of allylic oxidation sites excluding steroid dienone is 2. The number of carbonyl (C=O) groups excluding carboxylic acids is 1. The van der Waals surface area contributed by atoms with E-state index in [0.717, 1.165) is 28.1 Å². The largest absolute Gasteiger partial charge is 0.477 e. The molecule has 0 amide bonds. The standard InChI is InChI=1S/C15H16N2O2.C12H13NO/c1-4-14(15(18)19)17-9-13(16-11(17)3)12-8-6-5-7-10(12)2;1-4-11(10(3)14)13-12-8-6-5-7-9(12)2/h4-9H,1-3H3,(H,18,19);4-8H,1H2,2-3H3/b14-4-;. The van der Waals surface area contributed by atoms with Gasteiger partial charge in [0.2, 0.25) is 0 Å². The summed E-state index contributed by atoms with van der Waals surface area (Å²) in [5.41, 5.74) is 5.40. The highest BCUT2D eigenvalue weighted by atomic mass is 16.4. The third kappa shape index (κ3) is 6.46. The van der Waals surface area contributed by atoms with Crippen molar-refractivity contribution in [3.8, 4) is 11.3 Å². The molecule has 1 heterocycles. The molecule has 0 saturated heterocycles. The van der Waals surface area contributed by atoms with Gasteiger partial charge in [-0.05, 0) is 51.0 Å². The van der Waals surface area contributed by atoms with Crippen molar-refractivity contribution < 1.29 is 14.7 Å². The van der Waals surface area contributed by atoms with Crippen molar-refractivity contribution in [1.82, 2.24) is 9.55 Å². The molecule has 0 bridgehead atoms. The number of para-hydroxylation sites is 1. The van der Waals surface area contributed by atoms with E-state index < -0.39 is 5.97 Å². The first-order valence-electron chi connectivity index (χ1n) is 10.5. The number of aromatic nitrogens is 2. The quantitative estimate of drug-likeness (QED) is 0.377. The van der Waals surface area contributed by atoms with Crippen LogP contribution in [0.15, 0.2) is 78.5 Å². The van der Waals surface area contributed by atoms with Gasteiger partial charge in [0.15, 0.2) is 5.78 Å². The molecular formula is C27H29N3O3. The minimum absolute atomic E-state index is 0.0664. The monoisotopic (exact) mass is 443 g/mol. The zero-order chi connectivity index (χ0) is 24.5. The highest BCUT2D eigenvalue weighted by molar-refractivity contribution is 6.43. The number of benzene rings is 2. The fourth-order valence-corrected chi connectivity index (χ4v) is 3.16. The van der Waals surface area contributed by atoms with Gasteiger partial charge in [0.25, 0.3) is 0 Å². The third-order valence-corrected chi connectivity index (χ3v) is 4.97. The highest BCUT2D eigenvalue weighted by Crippen LogP contribution is 2.24. The van der Waals surface area contributed by atoms with Gasteiger partial charge in [0.05, 0.1) is 11.4 Å². The molecule has 0 radical (unpaired) electrons. The molecule has 0 aliphatic heterocycles. The number of aliphatic imine (C=N–C) groups is 1. The summed E-state index contributed by atoms with van der Waals surface area (Å²) in [6, 6.07) is 15.6. The van der Waals surface area contributed by atoms with E-state index in [1.165, 1.54) is 13.0 Å². The van der Waals surface area contributed by atoms with Crippen molar-refractivity contribution in [3.05, 3.63) is 90.4 Å². The average Bonchev–Trinajstić information content (AvgIpc) is 3.15. The van der Waals surface area contributed by atoms with Crippen molar-refractivity contribution in [3.63, 3.8) is 0 Å². The predicted octanol–water partition coefficient (Wildman–Crippen LogP) is 5.95. The number of aryl methyl sites for hydroxylation is 3. The maximum Gasteiger partial charge on any atom is 0.352 e. The summed E-state index contributed by atoms with van der Waals surface area (Å²) in [4.78, 5) is 30.9. The first-order chi connectivity index (χ1) is 15.7. The lowest BCUT2D eigenvalue weighted by Gasteiger charge is -2.04. The van der Waals surface area contributed by atoms with Crippen molar-refractivity contribution in [1.29, 1.82) is 0 Å². The van der Waals surface area contributed by atoms with Crippen LogP contribution in [-0.2, 0) is 9.59 Å². The average molecular weight is 444 g/mol. The molecule has 1 N–H and O–H groups in total. The van der Waals surface area contributed by atoms with Crippen molar-refractivity contribution in [2.24, 2.45) is 4.99 Å². The minimum atomic E-state index is -0.959. The molecule has 0 saturated carbocycles. The Bertz CT molecular complexity index is 1230. The molecule has 170 valence electrons. The van der Waals surface area contributed by atoms with Crippen LogP contribution in [0.1, 0.15) is 30.8 Å². The zero-order valence-electron chi connectivity index (χ0n) is 19.7. The normalized spacial score (nSPS) is 11.4. The van der Waals surface area contributed by atoms with Gasteiger partial charge < -0.3 is 5.11 Å². The van der Waals surface area contributed by atoms with E-state index >= 15 is 0 Å². The van der Waals surface area contributed by atoms with Gasteiger partial charge in [-0.25, -0.2) is 14.8 Å². The van der Waals surface area contributed by atoms with Gasteiger partial charge in [0.1, 0.15) is 17.2 Å². The lowest BCUT2D eigenvalue weighted by atomic mass is 10.1. The van der Waals surface area contributed by atoms with Crippen molar-refractivity contribution >= 4 is 28.8 Å². The molecule has 0 atom stereocenters. The second kappa shape index (κ2) is 11.5. The Morgan fingerprint density at radius 2 is 1.64 bits per heavy atom. The smallest absolute Gasteiger partial charge is 0.352 e. The van der Waals surface area contributed by atoms with Crippen LogP contribution in [0.25, 0.3) is 17.0 Å². The molecule has 0 aliphatic rings. The number of nitrogens with zero attached hydrogens (tertiary/aromatic N) is 3. The van der Waals surface area contributed by atoms with Gasteiger partial charge in [-0.2, -0.15) is 0 Å². The fourth-order valence-electron chi connectivity index (χ4n) is 3.16. The molecule has 1 aromatic heterocycles. The van der Waals surface area contributed by atoms with Gasteiger partial charge in [0, 0.05) is 18.7 Å². The molecule has 0 fully saturated rings. The van der Waals surface area contributed by atoms with Gasteiger partial charge >= 0.3 is 5.97 Å². The van der Waals surface area contributed by atoms with E-state index in [0.29, 0.717) is 11.5 Å². The Morgan fingerprint density at radius 3 is 2.15 bits per heavy atom. The number of carboxylic acid groups (broad SMARTS) is 1. The van der Waals surface area contributed by atoms with Crippen molar-refractivity contribution in [2.45, 2.75) is 34.6 Å². The summed E-state index contributed by atoms with van der Waals surface area (Å²) in [6.45, 7) is 12.5. The van der Waals surface area contributed by atoms with E-state index in [9.17, 15) is 9.59 Å². The zero-order valence-corrected chi connectivity index (χ0v) is 19.7. The molecule has 3 aromatic rings. The fraction of sp³-hybridized carbons (Fsp3) is 0.185. The highest BCUT2D eigenvalue weighted by Gasteiger charge is 2.14. The molecule has 3 rings (SSSR count). The van der Waals surface area contributed by atoms with Crippen molar-refractivity contribution in [2.75, 3.05) is 0 Å². The van der Waals surface area contributed by atoms with Gasteiger partial charge in [-0.1, -0.05) is 55.1 Å². The molecule has 0 aliphatic carbocycles. The Kier molecular flexibility index (Phi) is 8.80. The van der Waals surface area contributed by atoms with Crippen LogP contribution in [0.5, 0.6) is 0 Å². The molecule has 2 aromatic carbocycles. The number of hydrogen-bond acceptors (Lipinski definition) is 4. The molecule has 6 nitrogen and oxygen atoms in total. The maximum absolute atomic E-state index is 11.2. The Balaban J connectivity index is 0.000000245. The third-order valence-electron chi connectivity index (χ3n) is 4.97. The first-order valence-corrected chi connectivity index (χ1v) is 10.5. The number of hydrogen-bond donors (Lipinski definition) is 1. The lowest BCUT2D eigenvalue weighted by molar-refractivity contribution is -0.130. The number of carboxylic acids is 1. The van der Waals surface area contributed by atoms with Crippen LogP contribution in [0.4, 0.5) is 5.69 Å². The Morgan fingerprint density at radius 1 is 1.03 bits per heavy atom. The summed E-state index contributed by atoms with van der Waals surface area (Å²) in [7, 11) is 0. The summed E-state index contributed by atoms with van der Waals surface area (Å²) < 4.78 is 1.60. The molecule has 0 unspecified atom stereocenters. The van der Waals surface area contributed by atoms with E-state index in [1.807, 2.05) is 62.4 Å². The van der Waals surface area contributed by atoms with Crippen LogP contribution in [0.3, 0.4) is 0 Å². The summed E-state index contributed by atoms with van der Waals surface area (Å²) in [5.74, 6) is -0.365. The van der Waals surface area contributed by atoms with E-state index in [2.05, 4.69) is 16.6 Å². The summed E-state index contributed by atoms with van der Waals surface area (Å²) in [5, 5.41) is 9.17. The van der Waals surface area contributed by atoms with E-state index in [-0.39, 0.29) is 11.5 Å². The van der Waals surface area contributed by atoms with Gasteiger partial charge in [-0.15, -0.1) is 0 Å². The van der Waals surface area contributed by atoms with Gasteiger partial charge in [-0.3, -0.25) is 9.36 Å². The first kappa shape index (κ1) is 25.2. The molecule has 0 spiro atoms. The number of ketones is 1.